The number of aryl methyl sites for hydroxylation is 1. The number of benzene rings is 1. The number of carbonyl (C=O) groups excluding carboxylic acids is 2. The first-order valence-electron chi connectivity index (χ1n) is 8.37. The third kappa shape index (κ3) is 5.73. The number of rotatable bonds is 5. The summed E-state index contributed by atoms with van der Waals surface area (Å²) in [5.41, 5.74) is 0.606. The second-order valence-corrected chi connectivity index (χ2v) is 8.51. The Bertz CT molecular complexity index is 846. The van der Waals surface area contributed by atoms with Gasteiger partial charge in [0.2, 0.25) is 10.0 Å². The Kier molecular flexibility index (Phi) is 6.50. The number of nitrogens with zero attached hydrogens (tertiary/aromatic N) is 2. The number of amides is 2. The van der Waals surface area contributed by atoms with Crippen LogP contribution in [-0.2, 0) is 19.6 Å². The second-order valence-electron chi connectivity index (χ2n) is 6.53. The Labute approximate surface area is 157 Å². The number of sulfonamides is 1. The van der Waals surface area contributed by atoms with E-state index in [0.717, 1.165) is 6.26 Å². The zero-order chi connectivity index (χ0) is 20.2. The maximum absolute atomic E-state index is 12.0. The standard InChI is InChI=1S/C16H22N4O6S/c1-11-3-4-13(20(23)24)9-14(11)18-16(22)15(21)17-10-12-5-7-19(8-6-12)27(2,25)26/h3-4,9,12H,5-8,10H2,1-2H3,(H,17,21)(H,18,22). The predicted molar refractivity (Wildman–Crippen MR) is 98.6 cm³/mol. The summed E-state index contributed by atoms with van der Waals surface area (Å²) in [6, 6.07) is 4.00. The molecule has 11 heteroatoms. The number of hydrogen-bond acceptors (Lipinski definition) is 6. The van der Waals surface area contributed by atoms with Gasteiger partial charge < -0.3 is 10.6 Å². The number of nitro groups is 1. The molecule has 0 unspecified atom stereocenters. The van der Waals surface area contributed by atoms with Crippen LogP contribution in [0.15, 0.2) is 18.2 Å². The van der Waals surface area contributed by atoms with E-state index in [9.17, 15) is 28.1 Å². The molecule has 0 aromatic heterocycles. The SMILES string of the molecule is Cc1ccc([N+](=O)[O-])cc1NC(=O)C(=O)NCC1CCN(S(C)(=O)=O)CC1. The number of non-ortho nitro benzene ring substituents is 1. The van der Waals surface area contributed by atoms with Crippen molar-refractivity contribution in [2.45, 2.75) is 19.8 Å². The molecule has 1 heterocycles. The van der Waals surface area contributed by atoms with E-state index in [1.807, 2.05) is 0 Å². The van der Waals surface area contributed by atoms with Gasteiger partial charge in [0.05, 0.1) is 16.9 Å². The summed E-state index contributed by atoms with van der Waals surface area (Å²) in [6.45, 7) is 2.70. The van der Waals surface area contributed by atoms with Crippen LogP contribution in [0, 0.1) is 23.0 Å². The van der Waals surface area contributed by atoms with Crippen LogP contribution in [0.5, 0.6) is 0 Å². The maximum Gasteiger partial charge on any atom is 0.313 e. The molecule has 0 saturated carbocycles. The van der Waals surface area contributed by atoms with Gasteiger partial charge in [0.15, 0.2) is 0 Å². The fourth-order valence-electron chi connectivity index (χ4n) is 2.80. The van der Waals surface area contributed by atoms with E-state index in [1.165, 1.54) is 22.5 Å². The lowest BCUT2D eigenvalue weighted by Gasteiger charge is -2.30. The molecule has 0 spiro atoms. The lowest BCUT2D eigenvalue weighted by atomic mass is 9.98. The van der Waals surface area contributed by atoms with Crippen LogP contribution >= 0.6 is 0 Å². The van der Waals surface area contributed by atoms with E-state index in [4.69, 9.17) is 0 Å². The second kappa shape index (κ2) is 8.44. The van der Waals surface area contributed by atoms with Gasteiger partial charge >= 0.3 is 11.8 Å². The smallest absolute Gasteiger partial charge is 0.313 e. The highest BCUT2D eigenvalue weighted by Crippen LogP contribution is 2.22. The number of hydrogen-bond donors (Lipinski definition) is 2. The number of nitrogens with one attached hydrogen (secondary N) is 2. The van der Waals surface area contributed by atoms with Crippen molar-refractivity contribution >= 4 is 33.2 Å². The van der Waals surface area contributed by atoms with Crippen molar-refractivity contribution in [3.05, 3.63) is 33.9 Å². The molecule has 1 fully saturated rings. The number of piperidine rings is 1. The molecule has 0 atom stereocenters. The van der Waals surface area contributed by atoms with Crippen molar-refractivity contribution in [3.63, 3.8) is 0 Å². The van der Waals surface area contributed by atoms with Crippen molar-refractivity contribution in [2.75, 3.05) is 31.2 Å². The molecule has 10 nitrogen and oxygen atoms in total. The molecule has 0 aliphatic carbocycles. The van der Waals surface area contributed by atoms with Gasteiger partial charge in [-0.15, -0.1) is 0 Å². The molecule has 1 aliphatic heterocycles. The molecular weight excluding hydrogens is 376 g/mol. The highest BCUT2D eigenvalue weighted by Gasteiger charge is 2.26. The van der Waals surface area contributed by atoms with Gasteiger partial charge in [-0.3, -0.25) is 19.7 Å². The first kappa shape index (κ1) is 20.8. The minimum atomic E-state index is -3.21. The summed E-state index contributed by atoms with van der Waals surface area (Å²) in [6.07, 6.45) is 2.35. The zero-order valence-corrected chi connectivity index (χ0v) is 15.9. The summed E-state index contributed by atoms with van der Waals surface area (Å²) in [7, 11) is -3.21. The van der Waals surface area contributed by atoms with Gasteiger partial charge in [-0.1, -0.05) is 6.07 Å². The maximum atomic E-state index is 12.0. The van der Waals surface area contributed by atoms with E-state index in [-0.39, 0.29) is 23.8 Å². The molecule has 1 aliphatic rings. The third-order valence-electron chi connectivity index (χ3n) is 4.48. The summed E-state index contributed by atoms with van der Waals surface area (Å²) in [5.74, 6) is -1.67. The molecule has 1 aromatic carbocycles. The molecule has 0 radical (unpaired) electrons. The summed E-state index contributed by atoms with van der Waals surface area (Å²) in [4.78, 5) is 34.2. The van der Waals surface area contributed by atoms with Crippen LogP contribution in [0.3, 0.4) is 0 Å². The molecule has 1 aromatic rings. The molecule has 2 amide bonds. The fraction of sp³-hybridized carbons (Fsp3) is 0.500. The van der Waals surface area contributed by atoms with Gasteiger partial charge in [-0.2, -0.15) is 0 Å². The van der Waals surface area contributed by atoms with Gasteiger partial charge in [0.25, 0.3) is 5.69 Å². The molecule has 1 saturated heterocycles. The van der Waals surface area contributed by atoms with Gasteiger partial charge in [-0.25, -0.2) is 12.7 Å². The summed E-state index contributed by atoms with van der Waals surface area (Å²) in [5, 5.41) is 15.7. The topological polar surface area (TPSA) is 139 Å². The number of anilines is 1. The van der Waals surface area contributed by atoms with Crippen LogP contribution in [0.2, 0.25) is 0 Å². The molecule has 2 rings (SSSR count). The number of carbonyl (C=O) groups is 2. The molecule has 148 valence electrons. The number of nitro benzene ring substituents is 1. The van der Waals surface area contributed by atoms with E-state index < -0.39 is 26.8 Å². The van der Waals surface area contributed by atoms with Crippen molar-refractivity contribution in [3.8, 4) is 0 Å². The largest absolute Gasteiger partial charge is 0.348 e. The van der Waals surface area contributed by atoms with Crippen LogP contribution in [0.1, 0.15) is 18.4 Å². The van der Waals surface area contributed by atoms with E-state index in [1.54, 1.807) is 6.92 Å². The minimum absolute atomic E-state index is 0.0827. The Hall–Kier alpha value is -2.53. The highest BCUT2D eigenvalue weighted by molar-refractivity contribution is 7.88. The van der Waals surface area contributed by atoms with Crippen molar-refractivity contribution < 1.29 is 22.9 Å². The summed E-state index contributed by atoms with van der Waals surface area (Å²) >= 11 is 0. The van der Waals surface area contributed by atoms with Crippen LogP contribution in [-0.4, -0.2) is 55.4 Å². The molecule has 0 bridgehead atoms. The van der Waals surface area contributed by atoms with Crippen LogP contribution in [0.4, 0.5) is 11.4 Å². The summed E-state index contributed by atoms with van der Waals surface area (Å²) < 4.78 is 24.3. The highest BCUT2D eigenvalue weighted by atomic mass is 32.2. The van der Waals surface area contributed by atoms with Crippen LogP contribution in [0.25, 0.3) is 0 Å². The molecule has 27 heavy (non-hydrogen) atoms. The Balaban J connectivity index is 1.86. The predicted octanol–water partition coefficient (Wildman–Crippen LogP) is 0.630. The van der Waals surface area contributed by atoms with Gasteiger partial charge in [0.1, 0.15) is 0 Å². The van der Waals surface area contributed by atoms with E-state index >= 15 is 0 Å². The van der Waals surface area contributed by atoms with Gasteiger partial charge in [0, 0.05) is 31.8 Å². The Morgan fingerprint density at radius 1 is 1.26 bits per heavy atom. The zero-order valence-electron chi connectivity index (χ0n) is 15.1. The first-order valence-corrected chi connectivity index (χ1v) is 10.2. The first-order chi connectivity index (χ1) is 12.6. The molecule has 2 N–H and O–H groups in total. The normalized spacial score (nSPS) is 15.9. The fourth-order valence-corrected chi connectivity index (χ4v) is 3.67. The average Bonchev–Trinajstić information content (AvgIpc) is 2.60. The van der Waals surface area contributed by atoms with E-state index in [0.29, 0.717) is 31.5 Å². The van der Waals surface area contributed by atoms with Gasteiger partial charge in [-0.05, 0) is 31.2 Å². The Morgan fingerprint density at radius 3 is 2.44 bits per heavy atom. The van der Waals surface area contributed by atoms with Crippen LogP contribution < -0.4 is 10.6 Å². The Morgan fingerprint density at radius 2 is 1.89 bits per heavy atom. The minimum Gasteiger partial charge on any atom is -0.348 e. The molecular formula is C16H22N4O6S. The van der Waals surface area contributed by atoms with E-state index in [2.05, 4.69) is 10.6 Å². The third-order valence-corrected chi connectivity index (χ3v) is 5.78. The lowest BCUT2D eigenvalue weighted by molar-refractivity contribution is -0.384. The quantitative estimate of drug-likeness (QED) is 0.424. The average molecular weight is 398 g/mol. The van der Waals surface area contributed by atoms with Crippen molar-refractivity contribution in [1.29, 1.82) is 0 Å². The van der Waals surface area contributed by atoms with Crippen molar-refractivity contribution in [2.24, 2.45) is 5.92 Å². The monoisotopic (exact) mass is 398 g/mol. The lowest BCUT2D eigenvalue weighted by Crippen LogP contribution is -2.43. The van der Waals surface area contributed by atoms with Crippen molar-refractivity contribution in [1.82, 2.24) is 9.62 Å².